The Balaban J connectivity index is 2.06. The van der Waals surface area contributed by atoms with E-state index in [1.165, 1.54) is 5.56 Å². The smallest absolute Gasteiger partial charge is 0.125 e. The molecule has 2 rings (SSSR count). The maximum absolute atomic E-state index is 6.01. The Kier molecular flexibility index (Phi) is 3.48. The van der Waals surface area contributed by atoms with Crippen molar-refractivity contribution in [1.29, 1.82) is 0 Å². The Morgan fingerprint density at radius 1 is 1.29 bits per heavy atom. The maximum atomic E-state index is 6.01. The lowest BCUT2D eigenvalue weighted by Gasteiger charge is -2.33. The van der Waals surface area contributed by atoms with Crippen LogP contribution in [0.15, 0.2) is 29.3 Å². The molecule has 1 aliphatic rings. The van der Waals surface area contributed by atoms with Gasteiger partial charge in [0.2, 0.25) is 0 Å². The number of rotatable bonds is 3. The average Bonchev–Trinajstić information content (AvgIpc) is 2.27. The molecule has 0 atom stereocenters. The van der Waals surface area contributed by atoms with Crippen molar-refractivity contribution in [3.63, 3.8) is 0 Å². The molecule has 2 N–H and O–H groups in total. The maximum Gasteiger partial charge on any atom is 0.125 e. The van der Waals surface area contributed by atoms with Crippen LogP contribution in [0.4, 0.5) is 0 Å². The van der Waals surface area contributed by atoms with Crippen LogP contribution >= 0.6 is 0 Å². The molecule has 0 spiro atoms. The molecule has 1 heterocycles. The first-order valence-electron chi connectivity index (χ1n) is 6.18. The van der Waals surface area contributed by atoms with Crippen molar-refractivity contribution in [2.24, 2.45) is 10.7 Å². The number of amidine groups is 1. The third kappa shape index (κ3) is 2.86. The summed E-state index contributed by atoms with van der Waals surface area (Å²) in [4.78, 5) is 6.77. The number of hydrogen-bond donors (Lipinski definition) is 1. The van der Waals surface area contributed by atoms with Gasteiger partial charge in [0.05, 0.1) is 6.04 Å². The number of likely N-dealkylation sites (tertiary alicyclic amines) is 1. The minimum absolute atomic E-state index is 0.379. The third-order valence-electron chi connectivity index (χ3n) is 3.24. The van der Waals surface area contributed by atoms with Gasteiger partial charge in [-0.2, -0.15) is 0 Å². The third-order valence-corrected chi connectivity index (χ3v) is 3.24. The van der Waals surface area contributed by atoms with Gasteiger partial charge in [0.25, 0.3) is 0 Å². The van der Waals surface area contributed by atoms with Crippen molar-refractivity contribution in [3.05, 3.63) is 35.4 Å². The minimum Gasteiger partial charge on any atom is -0.383 e. The normalized spacial score (nSPS) is 18.5. The zero-order chi connectivity index (χ0) is 12.4. The number of benzene rings is 1. The predicted octanol–water partition coefficient (Wildman–Crippen LogP) is 1.83. The highest BCUT2D eigenvalue weighted by atomic mass is 15.2. The molecule has 0 unspecified atom stereocenters. The van der Waals surface area contributed by atoms with Crippen LogP contribution in [-0.2, 0) is 0 Å². The van der Waals surface area contributed by atoms with Gasteiger partial charge < -0.3 is 10.6 Å². The molecular formula is C14H21N3. The van der Waals surface area contributed by atoms with Crippen molar-refractivity contribution < 1.29 is 0 Å². The van der Waals surface area contributed by atoms with Crippen LogP contribution in [0.25, 0.3) is 0 Å². The molecule has 3 nitrogen and oxygen atoms in total. The number of likely N-dealkylation sites (N-methyl/N-ethyl adjacent to an activating group) is 1. The molecule has 17 heavy (non-hydrogen) atoms. The second-order valence-electron chi connectivity index (χ2n) is 5.17. The van der Waals surface area contributed by atoms with Crippen LogP contribution in [0, 0.1) is 0 Å². The lowest BCUT2D eigenvalue weighted by molar-refractivity contribution is 0.193. The molecule has 0 saturated carbocycles. The van der Waals surface area contributed by atoms with Crippen LogP contribution in [-0.4, -0.2) is 36.9 Å². The first kappa shape index (κ1) is 12.1. The molecule has 1 fully saturated rings. The Bertz CT molecular complexity index is 400. The second-order valence-corrected chi connectivity index (χ2v) is 5.17. The van der Waals surface area contributed by atoms with E-state index in [0.717, 1.165) is 18.7 Å². The fourth-order valence-electron chi connectivity index (χ4n) is 2.06. The topological polar surface area (TPSA) is 41.6 Å². The van der Waals surface area contributed by atoms with E-state index in [-0.39, 0.29) is 0 Å². The van der Waals surface area contributed by atoms with Gasteiger partial charge in [-0.1, -0.05) is 38.1 Å². The molecule has 1 saturated heterocycles. The SMILES string of the molecule is CC(C)c1ccc(C(N)=NC2CN(C)C2)cc1. The summed E-state index contributed by atoms with van der Waals surface area (Å²) in [6.45, 7) is 6.42. The summed E-state index contributed by atoms with van der Waals surface area (Å²) in [6, 6.07) is 8.78. The molecule has 0 aliphatic carbocycles. The van der Waals surface area contributed by atoms with E-state index in [2.05, 4.69) is 55.1 Å². The highest BCUT2D eigenvalue weighted by molar-refractivity contribution is 5.97. The second kappa shape index (κ2) is 4.88. The quantitative estimate of drug-likeness (QED) is 0.637. The monoisotopic (exact) mass is 231 g/mol. The van der Waals surface area contributed by atoms with Gasteiger partial charge in [-0.25, -0.2) is 0 Å². The number of nitrogens with zero attached hydrogens (tertiary/aromatic N) is 2. The molecule has 0 amide bonds. The standard InChI is InChI=1S/C14H21N3/c1-10(2)11-4-6-12(7-5-11)14(15)16-13-8-17(3)9-13/h4-7,10,13H,8-9H2,1-3H3,(H2,15,16). The van der Waals surface area contributed by atoms with E-state index in [1.807, 2.05) is 0 Å². The molecule has 0 bridgehead atoms. The molecule has 1 aromatic rings. The average molecular weight is 231 g/mol. The zero-order valence-electron chi connectivity index (χ0n) is 10.9. The van der Waals surface area contributed by atoms with E-state index >= 15 is 0 Å². The van der Waals surface area contributed by atoms with Crippen LogP contribution < -0.4 is 5.73 Å². The fraction of sp³-hybridized carbons (Fsp3) is 0.500. The first-order valence-corrected chi connectivity index (χ1v) is 6.18. The van der Waals surface area contributed by atoms with Gasteiger partial charge in [-0.05, 0) is 18.5 Å². The van der Waals surface area contributed by atoms with Gasteiger partial charge in [0, 0.05) is 18.7 Å². The Labute approximate surface area is 103 Å². The molecule has 92 valence electrons. The predicted molar refractivity (Wildman–Crippen MR) is 72.5 cm³/mol. The van der Waals surface area contributed by atoms with Gasteiger partial charge >= 0.3 is 0 Å². The zero-order valence-corrected chi connectivity index (χ0v) is 10.9. The summed E-state index contributed by atoms with van der Waals surface area (Å²) >= 11 is 0. The van der Waals surface area contributed by atoms with Crippen molar-refractivity contribution >= 4 is 5.84 Å². The molecule has 0 radical (unpaired) electrons. The highest BCUT2D eigenvalue weighted by Gasteiger charge is 2.22. The molecule has 0 aromatic heterocycles. The van der Waals surface area contributed by atoms with E-state index in [1.54, 1.807) is 0 Å². The van der Waals surface area contributed by atoms with E-state index in [0.29, 0.717) is 17.8 Å². The van der Waals surface area contributed by atoms with Crippen LogP contribution in [0.1, 0.15) is 30.9 Å². The largest absolute Gasteiger partial charge is 0.383 e. The number of aliphatic imine (C=N–C) groups is 1. The van der Waals surface area contributed by atoms with E-state index < -0.39 is 0 Å². The Hall–Kier alpha value is -1.35. The lowest BCUT2D eigenvalue weighted by Crippen LogP contribution is -2.47. The Morgan fingerprint density at radius 3 is 2.35 bits per heavy atom. The summed E-state index contributed by atoms with van der Waals surface area (Å²) in [5.41, 5.74) is 8.38. The van der Waals surface area contributed by atoms with Gasteiger partial charge in [-0.15, -0.1) is 0 Å². The summed E-state index contributed by atoms with van der Waals surface area (Å²) < 4.78 is 0. The first-order chi connectivity index (χ1) is 8.06. The van der Waals surface area contributed by atoms with Crippen molar-refractivity contribution in [1.82, 2.24) is 4.90 Å². The van der Waals surface area contributed by atoms with E-state index in [4.69, 9.17) is 5.73 Å². The number of nitrogens with two attached hydrogens (primary N) is 1. The van der Waals surface area contributed by atoms with Gasteiger partial charge in [-0.3, -0.25) is 4.99 Å². The summed E-state index contributed by atoms with van der Waals surface area (Å²) in [6.07, 6.45) is 0. The molecular weight excluding hydrogens is 210 g/mol. The van der Waals surface area contributed by atoms with E-state index in [9.17, 15) is 0 Å². The van der Waals surface area contributed by atoms with Crippen molar-refractivity contribution in [2.75, 3.05) is 20.1 Å². The minimum atomic E-state index is 0.379. The summed E-state index contributed by atoms with van der Waals surface area (Å²) in [5.74, 6) is 1.22. The fourth-order valence-corrected chi connectivity index (χ4v) is 2.06. The van der Waals surface area contributed by atoms with Gasteiger partial charge in [0.15, 0.2) is 0 Å². The van der Waals surface area contributed by atoms with Crippen molar-refractivity contribution in [2.45, 2.75) is 25.8 Å². The summed E-state index contributed by atoms with van der Waals surface area (Å²) in [7, 11) is 2.10. The van der Waals surface area contributed by atoms with Crippen molar-refractivity contribution in [3.8, 4) is 0 Å². The van der Waals surface area contributed by atoms with Gasteiger partial charge in [0.1, 0.15) is 5.84 Å². The molecule has 1 aliphatic heterocycles. The van der Waals surface area contributed by atoms with Crippen LogP contribution in [0.3, 0.4) is 0 Å². The highest BCUT2D eigenvalue weighted by Crippen LogP contribution is 2.15. The summed E-state index contributed by atoms with van der Waals surface area (Å²) in [5, 5.41) is 0. The lowest BCUT2D eigenvalue weighted by atomic mass is 10.0. The van der Waals surface area contributed by atoms with Crippen LogP contribution in [0.2, 0.25) is 0 Å². The molecule has 1 aromatic carbocycles. The van der Waals surface area contributed by atoms with Crippen LogP contribution in [0.5, 0.6) is 0 Å². The number of hydrogen-bond acceptors (Lipinski definition) is 2. The molecule has 3 heteroatoms. The Morgan fingerprint density at radius 2 is 1.88 bits per heavy atom.